The van der Waals surface area contributed by atoms with Crippen molar-refractivity contribution in [1.29, 1.82) is 0 Å². The molecule has 2 fully saturated rings. The van der Waals surface area contributed by atoms with E-state index in [0.29, 0.717) is 6.04 Å². The maximum Gasteiger partial charge on any atom is 0.185 e. The van der Waals surface area contributed by atoms with Crippen LogP contribution in [0.3, 0.4) is 0 Å². The van der Waals surface area contributed by atoms with E-state index in [1.807, 2.05) is 17.5 Å². The van der Waals surface area contributed by atoms with Gasteiger partial charge in [-0.2, -0.15) is 0 Å². The number of nitrogens with one attached hydrogen (secondary N) is 1. The van der Waals surface area contributed by atoms with Crippen molar-refractivity contribution in [1.82, 2.24) is 15.2 Å². The molecule has 5 nitrogen and oxygen atoms in total. The second-order valence-corrected chi connectivity index (χ2v) is 7.16. The minimum absolute atomic E-state index is 0.569. The van der Waals surface area contributed by atoms with Crippen LogP contribution < -0.4 is 10.2 Å². The highest BCUT2D eigenvalue weighted by Gasteiger charge is 2.35. The van der Waals surface area contributed by atoms with Crippen LogP contribution in [0.5, 0.6) is 0 Å². The topological polar surface area (TPSA) is 40.6 Å². The van der Waals surface area contributed by atoms with Crippen LogP contribution >= 0.6 is 11.3 Å². The van der Waals surface area contributed by atoms with Crippen LogP contribution in [0, 0.1) is 0 Å². The van der Waals surface area contributed by atoms with E-state index in [9.17, 15) is 0 Å². The second kappa shape index (κ2) is 7.05. The van der Waals surface area contributed by atoms with Gasteiger partial charge in [0.15, 0.2) is 5.13 Å². The van der Waals surface area contributed by atoms with Gasteiger partial charge in [0.25, 0.3) is 0 Å². The molecule has 0 amide bonds. The van der Waals surface area contributed by atoms with Crippen LogP contribution in [-0.2, 0) is 11.3 Å². The number of ether oxygens (including phenoxy) is 1. The molecule has 1 N–H and O–H groups in total. The van der Waals surface area contributed by atoms with Gasteiger partial charge in [0.2, 0.25) is 0 Å². The van der Waals surface area contributed by atoms with Crippen molar-refractivity contribution >= 4 is 16.5 Å². The predicted octanol–water partition coefficient (Wildman–Crippen LogP) is 1.55. The number of hydrogen-bond donors (Lipinski definition) is 1. The van der Waals surface area contributed by atoms with Crippen LogP contribution in [0.1, 0.15) is 24.6 Å². The van der Waals surface area contributed by atoms with E-state index in [2.05, 4.69) is 27.0 Å². The number of thiazole rings is 1. The molecule has 0 radical (unpaired) electrons. The van der Waals surface area contributed by atoms with E-state index in [0.717, 1.165) is 32.3 Å². The lowest BCUT2D eigenvalue weighted by atomic mass is 10.1. The predicted molar refractivity (Wildman–Crippen MR) is 87.1 cm³/mol. The van der Waals surface area contributed by atoms with Crippen molar-refractivity contribution in [3.63, 3.8) is 0 Å². The molecule has 0 saturated carbocycles. The standard InChI is InChI=1S/C15H26N4OS/c1-12-10-18-6-3-4-13(18)11-19(12)15-17-9-14(21-15)8-16-5-7-20-2/h9,12-13,16H,3-8,10-11H2,1-2H3. The molecule has 1 aromatic rings. The molecule has 6 heteroatoms. The molecule has 2 aliphatic rings. The van der Waals surface area contributed by atoms with Gasteiger partial charge in [-0.3, -0.25) is 4.90 Å². The van der Waals surface area contributed by atoms with E-state index in [-0.39, 0.29) is 0 Å². The Morgan fingerprint density at radius 2 is 2.38 bits per heavy atom. The third kappa shape index (κ3) is 3.56. The van der Waals surface area contributed by atoms with Crippen molar-refractivity contribution < 1.29 is 4.74 Å². The van der Waals surface area contributed by atoms with Crippen molar-refractivity contribution in [2.75, 3.05) is 44.8 Å². The van der Waals surface area contributed by atoms with Crippen LogP contribution in [0.15, 0.2) is 6.20 Å². The fourth-order valence-corrected chi connectivity index (χ4v) is 4.34. The van der Waals surface area contributed by atoms with Gasteiger partial charge in [-0.05, 0) is 26.3 Å². The minimum Gasteiger partial charge on any atom is -0.383 e. The Labute approximate surface area is 131 Å². The summed E-state index contributed by atoms with van der Waals surface area (Å²) < 4.78 is 5.05. The van der Waals surface area contributed by atoms with Gasteiger partial charge < -0.3 is 15.0 Å². The fraction of sp³-hybridized carbons (Fsp3) is 0.800. The molecule has 0 aliphatic carbocycles. The lowest BCUT2D eigenvalue weighted by molar-refractivity contribution is 0.199. The lowest BCUT2D eigenvalue weighted by Crippen LogP contribution is -2.55. The largest absolute Gasteiger partial charge is 0.383 e. The number of rotatable bonds is 6. The van der Waals surface area contributed by atoms with Crippen molar-refractivity contribution in [2.24, 2.45) is 0 Å². The van der Waals surface area contributed by atoms with Crippen LogP contribution in [0.25, 0.3) is 0 Å². The first-order valence-electron chi connectivity index (χ1n) is 7.93. The molecule has 3 rings (SSSR count). The maximum atomic E-state index is 5.05. The Kier molecular flexibility index (Phi) is 5.11. The third-order valence-electron chi connectivity index (χ3n) is 4.51. The number of nitrogens with zero attached hydrogens (tertiary/aromatic N) is 3. The molecule has 0 aromatic carbocycles. The van der Waals surface area contributed by atoms with Crippen LogP contribution in [0.4, 0.5) is 5.13 Å². The zero-order valence-corrected chi connectivity index (χ0v) is 13.9. The van der Waals surface area contributed by atoms with Gasteiger partial charge in [-0.1, -0.05) is 0 Å². The number of hydrogen-bond acceptors (Lipinski definition) is 6. The summed E-state index contributed by atoms with van der Waals surface area (Å²) >= 11 is 1.83. The van der Waals surface area contributed by atoms with Crippen LogP contribution in [0.2, 0.25) is 0 Å². The summed E-state index contributed by atoms with van der Waals surface area (Å²) in [6, 6.07) is 1.31. The average molecular weight is 310 g/mol. The molecule has 0 bridgehead atoms. The van der Waals surface area contributed by atoms with Gasteiger partial charge >= 0.3 is 0 Å². The van der Waals surface area contributed by atoms with E-state index < -0.39 is 0 Å². The van der Waals surface area contributed by atoms with E-state index in [1.165, 1.54) is 35.9 Å². The van der Waals surface area contributed by atoms with Crippen molar-refractivity contribution in [2.45, 2.75) is 38.4 Å². The molecular weight excluding hydrogens is 284 g/mol. The van der Waals surface area contributed by atoms with Gasteiger partial charge in [-0.15, -0.1) is 11.3 Å². The summed E-state index contributed by atoms with van der Waals surface area (Å²) in [7, 11) is 1.73. The minimum atomic E-state index is 0.569. The first-order valence-corrected chi connectivity index (χ1v) is 8.74. The van der Waals surface area contributed by atoms with Gasteiger partial charge in [0.05, 0.1) is 6.61 Å². The maximum absolute atomic E-state index is 5.05. The Bertz CT molecular complexity index is 453. The highest BCUT2D eigenvalue weighted by Crippen LogP contribution is 2.31. The van der Waals surface area contributed by atoms with Crippen LogP contribution in [-0.4, -0.2) is 61.9 Å². The van der Waals surface area contributed by atoms with Gasteiger partial charge in [0, 0.05) is 56.4 Å². The van der Waals surface area contributed by atoms with E-state index in [1.54, 1.807) is 7.11 Å². The Morgan fingerprint density at radius 1 is 1.48 bits per heavy atom. The molecule has 2 saturated heterocycles. The lowest BCUT2D eigenvalue weighted by Gasteiger charge is -2.42. The van der Waals surface area contributed by atoms with Gasteiger partial charge in [0.1, 0.15) is 0 Å². The molecule has 2 aliphatic heterocycles. The number of methoxy groups -OCH3 is 1. The first kappa shape index (κ1) is 15.2. The summed E-state index contributed by atoms with van der Waals surface area (Å²) in [6.45, 7) is 8.48. The summed E-state index contributed by atoms with van der Waals surface area (Å²) in [4.78, 5) is 11.1. The molecule has 118 valence electrons. The monoisotopic (exact) mass is 310 g/mol. The van der Waals surface area contributed by atoms with Crippen molar-refractivity contribution in [3.05, 3.63) is 11.1 Å². The summed E-state index contributed by atoms with van der Waals surface area (Å²) in [5, 5.41) is 4.58. The smallest absolute Gasteiger partial charge is 0.185 e. The molecule has 2 unspecified atom stereocenters. The highest BCUT2D eigenvalue weighted by molar-refractivity contribution is 7.15. The van der Waals surface area contributed by atoms with E-state index >= 15 is 0 Å². The first-order chi connectivity index (χ1) is 10.3. The zero-order valence-electron chi connectivity index (χ0n) is 13.0. The SMILES string of the molecule is COCCNCc1cnc(N2CC3CCCN3CC2C)s1. The summed E-state index contributed by atoms with van der Waals surface area (Å²) in [5.74, 6) is 0. The Hall–Kier alpha value is -0.690. The Balaban J connectivity index is 1.57. The zero-order chi connectivity index (χ0) is 14.7. The highest BCUT2D eigenvalue weighted by atomic mass is 32.1. The quantitative estimate of drug-likeness (QED) is 0.808. The number of fused-ring (bicyclic) bond motifs is 1. The number of piperazine rings is 1. The Morgan fingerprint density at radius 3 is 3.24 bits per heavy atom. The summed E-state index contributed by atoms with van der Waals surface area (Å²) in [5.41, 5.74) is 0. The van der Waals surface area contributed by atoms with Gasteiger partial charge in [-0.25, -0.2) is 4.98 Å². The number of aromatic nitrogens is 1. The normalized spacial score (nSPS) is 26.3. The molecule has 2 atom stereocenters. The summed E-state index contributed by atoms with van der Waals surface area (Å²) in [6.07, 6.45) is 4.73. The number of anilines is 1. The molecule has 0 spiro atoms. The fourth-order valence-electron chi connectivity index (χ4n) is 3.35. The van der Waals surface area contributed by atoms with E-state index in [4.69, 9.17) is 4.74 Å². The molecular formula is C15H26N4OS. The average Bonchev–Trinajstić information content (AvgIpc) is 3.11. The molecule has 21 heavy (non-hydrogen) atoms. The molecule has 3 heterocycles. The van der Waals surface area contributed by atoms with Crippen molar-refractivity contribution in [3.8, 4) is 0 Å². The third-order valence-corrected chi connectivity index (χ3v) is 5.54. The second-order valence-electron chi connectivity index (χ2n) is 6.07. The molecule has 1 aromatic heterocycles.